The molecular weight excluding hydrogens is 137 g/mol. The summed E-state index contributed by atoms with van der Waals surface area (Å²) in [5, 5.41) is 8.80. The Hall–Kier alpha value is 0.0500. The van der Waals surface area contributed by atoms with Crippen LogP contribution < -0.4 is 5.73 Å². The summed E-state index contributed by atoms with van der Waals surface area (Å²) in [4.78, 5) is 0. The number of hydrogen-bond donors (Lipinski definition) is 2. The highest BCUT2D eigenvalue weighted by molar-refractivity contribution is 7.18. The number of nitrogens with two attached hydrogens (primary N) is 1. The number of ether oxygens (including phenoxy) is 1. The van der Waals surface area contributed by atoms with Crippen LogP contribution in [0, 0.1) is 0 Å². The summed E-state index contributed by atoms with van der Waals surface area (Å²) in [6, 6.07) is 0. The predicted molar refractivity (Wildman–Crippen MR) is 40.3 cm³/mol. The predicted octanol–water partition coefficient (Wildman–Crippen LogP) is -0.732. The molecule has 0 aliphatic heterocycles. The molecule has 0 aromatic heterocycles. The second-order valence-electron chi connectivity index (χ2n) is 1.63. The van der Waals surface area contributed by atoms with Crippen molar-refractivity contribution in [3.63, 3.8) is 0 Å². The van der Waals surface area contributed by atoms with E-state index in [2.05, 4.69) is 8.86 Å². The van der Waals surface area contributed by atoms with E-state index < -0.39 is 6.10 Å². The van der Waals surface area contributed by atoms with E-state index in [9.17, 15) is 0 Å². The lowest BCUT2D eigenvalue weighted by molar-refractivity contribution is 0.0600. The van der Waals surface area contributed by atoms with Crippen LogP contribution in [0.25, 0.3) is 0 Å². The summed E-state index contributed by atoms with van der Waals surface area (Å²) in [6.07, 6.45) is -0.531. The van der Waals surface area contributed by atoms with E-state index in [1.807, 2.05) is 0 Å². The highest BCUT2D eigenvalue weighted by Crippen LogP contribution is 1.80. The van der Waals surface area contributed by atoms with Gasteiger partial charge in [0.1, 0.15) is 0 Å². The van der Waals surface area contributed by atoms with Crippen LogP contribution in [0.3, 0.4) is 0 Å². The first kappa shape index (κ1) is 9.05. The fraction of sp³-hybridized carbons (Fsp3) is 0.800. The van der Waals surface area contributed by atoms with Gasteiger partial charge in [-0.15, -0.1) is 8.86 Å². The van der Waals surface area contributed by atoms with Crippen LogP contribution in [0.5, 0.6) is 0 Å². The maximum Gasteiger partial charge on any atom is 0.0895 e. The topological polar surface area (TPSA) is 55.5 Å². The van der Waals surface area contributed by atoms with Gasteiger partial charge in [0.15, 0.2) is 0 Å². The van der Waals surface area contributed by atoms with Crippen LogP contribution in [0.1, 0.15) is 0 Å². The quantitative estimate of drug-likeness (QED) is 0.400. The molecule has 0 radical (unpaired) electrons. The first-order valence-corrected chi connectivity index (χ1v) is 3.33. The molecule has 0 saturated carbocycles. The highest BCUT2D eigenvalue weighted by Gasteiger charge is 1.97. The zero-order chi connectivity index (χ0) is 7.11. The molecule has 0 heterocycles. The standard InChI is InChI=1S/C5H12NO2P/c6-3-5(7)4-8-1-2-9/h2,5,7,9H,1,3-4,6H2. The maximum atomic E-state index is 8.80. The summed E-state index contributed by atoms with van der Waals surface area (Å²) in [5.41, 5.74) is 5.10. The molecule has 0 saturated heterocycles. The zero-order valence-electron chi connectivity index (χ0n) is 5.21. The average molecular weight is 149 g/mol. The van der Waals surface area contributed by atoms with E-state index in [0.29, 0.717) is 13.2 Å². The van der Waals surface area contributed by atoms with Gasteiger partial charge in [-0.2, -0.15) is 0 Å². The molecule has 0 fully saturated rings. The van der Waals surface area contributed by atoms with E-state index >= 15 is 0 Å². The van der Waals surface area contributed by atoms with Crippen molar-refractivity contribution in [1.82, 2.24) is 0 Å². The molecule has 0 rings (SSSR count). The van der Waals surface area contributed by atoms with Gasteiger partial charge >= 0.3 is 0 Å². The maximum absolute atomic E-state index is 8.80. The minimum Gasteiger partial charge on any atom is -0.389 e. The number of rotatable bonds is 5. The third kappa shape index (κ3) is 5.93. The fourth-order valence-electron chi connectivity index (χ4n) is 0.331. The van der Waals surface area contributed by atoms with Crippen molar-refractivity contribution >= 4 is 14.7 Å². The molecule has 0 aromatic carbocycles. The zero-order valence-corrected chi connectivity index (χ0v) is 6.21. The van der Waals surface area contributed by atoms with Crippen LogP contribution >= 0.6 is 8.86 Å². The van der Waals surface area contributed by atoms with Gasteiger partial charge in [0.25, 0.3) is 0 Å². The number of hydrogen-bond acceptors (Lipinski definition) is 3. The molecule has 54 valence electrons. The Labute approximate surface area is 57.0 Å². The molecule has 0 aliphatic carbocycles. The summed E-state index contributed by atoms with van der Waals surface area (Å²) in [6.45, 7) is 1.05. The molecule has 0 bridgehead atoms. The van der Waals surface area contributed by atoms with E-state index in [4.69, 9.17) is 15.6 Å². The van der Waals surface area contributed by atoms with Crippen LogP contribution in [0.4, 0.5) is 0 Å². The van der Waals surface area contributed by atoms with Gasteiger partial charge in [-0.3, -0.25) is 0 Å². The van der Waals surface area contributed by atoms with E-state index in [1.165, 1.54) is 0 Å². The van der Waals surface area contributed by atoms with Crippen LogP contribution in [-0.4, -0.2) is 36.8 Å². The summed E-state index contributed by atoms with van der Waals surface area (Å²) >= 11 is 0. The van der Waals surface area contributed by atoms with Crippen molar-refractivity contribution in [3.8, 4) is 0 Å². The molecule has 3 nitrogen and oxygen atoms in total. The fourth-order valence-corrected chi connectivity index (χ4v) is 0.449. The minimum atomic E-state index is -0.531. The number of aliphatic hydroxyl groups excluding tert-OH is 1. The van der Waals surface area contributed by atoms with Gasteiger partial charge in [-0.05, 0) is 5.80 Å². The van der Waals surface area contributed by atoms with Crippen molar-refractivity contribution in [2.24, 2.45) is 5.73 Å². The molecule has 4 heteroatoms. The van der Waals surface area contributed by atoms with Gasteiger partial charge in [-0.1, -0.05) is 0 Å². The van der Waals surface area contributed by atoms with Gasteiger partial charge in [0.2, 0.25) is 0 Å². The molecule has 3 N–H and O–H groups in total. The molecular formula is C5H12NO2P. The van der Waals surface area contributed by atoms with Crippen molar-refractivity contribution in [2.45, 2.75) is 6.10 Å². The molecule has 0 spiro atoms. The Morgan fingerprint density at radius 3 is 2.89 bits per heavy atom. The summed E-state index contributed by atoms with van der Waals surface area (Å²) in [5.74, 6) is 1.68. The average Bonchev–Trinajstić information content (AvgIpc) is 1.89. The van der Waals surface area contributed by atoms with Crippen LogP contribution in [0.2, 0.25) is 0 Å². The largest absolute Gasteiger partial charge is 0.389 e. The summed E-state index contributed by atoms with van der Waals surface area (Å²) < 4.78 is 4.90. The lowest BCUT2D eigenvalue weighted by atomic mass is 10.4. The molecule has 9 heavy (non-hydrogen) atoms. The van der Waals surface area contributed by atoms with Gasteiger partial charge in [0.05, 0.1) is 19.3 Å². The van der Waals surface area contributed by atoms with Crippen molar-refractivity contribution in [2.75, 3.05) is 19.8 Å². The molecule has 0 aliphatic rings. The van der Waals surface area contributed by atoms with Gasteiger partial charge in [-0.25, -0.2) is 0 Å². The second-order valence-corrected chi connectivity index (χ2v) is 2.04. The van der Waals surface area contributed by atoms with Crippen molar-refractivity contribution < 1.29 is 9.84 Å². The lowest BCUT2D eigenvalue weighted by Crippen LogP contribution is -2.25. The summed E-state index contributed by atoms with van der Waals surface area (Å²) in [7, 11) is 3.10. The van der Waals surface area contributed by atoms with Crippen molar-refractivity contribution in [1.29, 1.82) is 0 Å². The third-order valence-electron chi connectivity index (χ3n) is 0.783. The van der Waals surface area contributed by atoms with Gasteiger partial charge in [0, 0.05) is 6.54 Å². The Kier molecular flexibility index (Phi) is 6.21. The van der Waals surface area contributed by atoms with Crippen LogP contribution in [-0.2, 0) is 4.74 Å². The van der Waals surface area contributed by atoms with Crippen molar-refractivity contribution in [3.05, 3.63) is 0 Å². The molecule has 1 unspecified atom stereocenters. The molecule has 0 amide bonds. The highest BCUT2D eigenvalue weighted by atomic mass is 31.0. The van der Waals surface area contributed by atoms with E-state index in [-0.39, 0.29) is 6.54 Å². The Morgan fingerprint density at radius 2 is 2.44 bits per heavy atom. The first-order chi connectivity index (χ1) is 4.31. The third-order valence-corrected chi connectivity index (χ3v) is 0.950. The Bertz CT molecular complexity index is 79.4. The lowest BCUT2D eigenvalue weighted by Gasteiger charge is -2.05. The normalized spacial score (nSPS) is 13.1. The smallest absolute Gasteiger partial charge is 0.0895 e. The van der Waals surface area contributed by atoms with E-state index in [0.717, 1.165) is 0 Å². The number of aliphatic hydroxyl groups is 1. The monoisotopic (exact) mass is 149 g/mol. The Balaban J connectivity index is 2.96. The minimum absolute atomic E-state index is 0.252. The molecule has 1 atom stereocenters. The first-order valence-electron chi connectivity index (χ1n) is 2.76. The second kappa shape index (κ2) is 6.17. The van der Waals surface area contributed by atoms with Crippen LogP contribution in [0.15, 0.2) is 0 Å². The Morgan fingerprint density at radius 1 is 1.78 bits per heavy atom. The van der Waals surface area contributed by atoms with E-state index in [1.54, 1.807) is 5.80 Å². The molecule has 0 aromatic rings. The SMILES string of the molecule is NCC(O)COCC=P. The van der Waals surface area contributed by atoms with Gasteiger partial charge < -0.3 is 15.6 Å².